The predicted molar refractivity (Wildman–Crippen MR) is 136 cm³/mol. The van der Waals surface area contributed by atoms with E-state index in [9.17, 15) is 49.5 Å². The monoisotopic (exact) mass is 624 g/mol. The predicted octanol–water partition coefficient (Wildman–Crippen LogP) is 6.05. The van der Waals surface area contributed by atoms with Gasteiger partial charge < -0.3 is 14.6 Å². The van der Waals surface area contributed by atoms with Crippen molar-refractivity contribution in [2.45, 2.75) is 62.1 Å². The average molecular weight is 625 g/mol. The van der Waals surface area contributed by atoms with Crippen LogP contribution in [0, 0.1) is 11.8 Å². The Kier molecular flexibility index (Phi) is 8.08. The number of nitrogens with zero attached hydrogens (tertiary/aromatic N) is 1. The first-order chi connectivity index (χ1) is 19.3. The van der Waals surface area contributed by atoms with Crippen molar-refractivity contribution in [2.75, 3.05) is 16.2 Å². The first-order valence-electron chi connectivity index (χ1n) is 12.6. The van der Waals surface area contributed by atoms with Crippen LogP contribution in [0.5, 0.6) is 5.75 Å². The van der Waals surface area contributed by atoms with Gasteiger partial charge in [-0.2, -0.15) is 26.3 Å². The third-order valence-electron chi connectivity index (χ3n) is 6.94. The van der Waals surface area contributed by atoms with Crippen LogP contribution in [0.3, 0.4) is 0 Å². The molecule has 0 bridgehead atoms. The van der Waals surface area contributed by atoms with Crippen LogP contribution in [0.2, 0.25) is 0 Å². The molecule has 16 heteroatoms. The van der Waals surface area contributed by atoms with Crippen molar-refractivity contribution >= 4 is 33.5 Å². The maximum Gasteiger partial charge on any atom is 0.427 e. The summed E-state index contributed by atoms with van der Waals surface area (Å²) in [6, 6.07) is 6.45. The number of nitrogens with one attached hydrogen (secondary N) is 1. The summed E-state index contributed by atoms with van der Waals surface area (Å²) in [5, 5.41) is 11.7. The van der Waals surface area contributed by atoms with Gasteiger partial charge in [0.1, 0.15) is 11.9 Å². The van der Waals surface area contributed by atoms with Crippen molar-refractivity contribution in [3.63, 3.8) is 0 Å². The quantitative estimate of drug-likeness (QED) is 0.343. The number of hydrogen-bond acceptors (Lipinski definition) is 6. The Morgan fingerprint density at radius 2 is 1.76 bits per heavy atom. The number of anilines is 2. The molecule has 2 aliphatic rings. The van der Waals surface area contributed by atoms with Gasteiger partial charge in [0.2, 0.25) is 5.60 Å². The van der Waals surface area contributed by atoms with E-state index in [4.69, 9.17) is 4.74 Å². The molecular formula is C26H26F6N2O7S. The molecule has 2 N–H and O–H groups in total. The minimum Gasteiger partial charge on any atom is -0.486 e. The highest BCUT2D eigenvalue weighted by Crippen LogP contribution is 2.44. The summed E-state index contributed by atoms with van der Waals surface area (Å²) >= 11 is 0. The number of halogens is 6. The summed E-state index contributed by atoms with van der Waals surface area (Å²) < 4.78 is 118. The van der Waals surface area contributed by atoms with Crippen molar-refractivity contribution in [2.24, 2.45) is 11.8 Å². The number of aliphatic carboxylic acids is 1. The number of ether oxygens (including phenoxy) is 2. The van der Waals surface area contributed by atoms with Crippen LogP contribution in [-0.2, 0) is 25.7 Å². The largest absolute Gasteiger partial charge is 0.486 e. The maximum atomic E-state index is 13.7. The fraction of sp³-hybridized carbons (Fsp3) is 0.462. The molecule has 9 nitrogen and oxygen atoms in total. The number of rotatable bonds is 8. The first kappa shape index (κ1) is 31.3. The number of benzene rings is 2. The van der Waals surface area contributed by atoms with Crippen molar-refractivity contribution in [1.29, 1.82) is 0 Å². The van der Waals surface area contributed by atoms with Crippen LogP contribution < -0.4 is 14.4 Å². The molecule has 230 valence electrons. The summed E-state index contributed by atoms with van der Waals surface area (Å²) in [4.78, 5) is 23.3. The molecule has 1 fully saturated rings. The van der Waals surface area contributed by atoms with E-state index in [0.717, 1.165) is 22.5 Å². The van der Waals surface area contributed by atoms with Crippen molar-refractivity contribution in [3.05, 3.63) is 48.0 Å². The van der Waals surface area contributed by atoms with E-state index in [0.29, 0.717) is 38.8 Å². The molecule has 4 rings (SSSR count). The highest BCUT2D eigenvalue weighted by Gasteiger charge is 2.51. The number of fused-ring (bicyclic) bond motifs is 1. The van der Waals surface area contributed by atoms with Gasteiger partial charge in [-0.25, -0.2) is 13.2 Å². The number of amides is 1. The van der Waals surface area contributed by atoms with Crippen LogP contribution in [-0.4, -0.2) is 50.0 Å². The molecule has 2 aromatic carbocycles. The zero-order valence-corrected chi connectivity index (χ0v) is 22.9. The Morgan fingerprint density at radius 1 is 1.10 bits per heavy atom. The van der Waals surface area contributed by atoms with E-state index >= 15 is 0 Å². The van der Waals surface area contributed by atoms with Gasteiger partial charge >= 0.3 is 24.4 Å². The second-order valence-electron chi connectivity index (χ2n) is 10.5. The Labute approximate surface area is 236 Å². The second-order valence-corrected chi connectivity index (χ2v) is 12.4. The number of carboxylic acid groups (broad SMARTS) is 1. The minimum absolute atomic E-state index is 0.0904. The van der Waals surface area contributed by atoms with Crippen LogP contribution >= 0.6 is 0 Å². The van der Waals surface area contributed by atoms with E-state index in [1.807, 2.05) is 0 Å². The fourth-order valence-corrected chi connectivity index (χ4v) is 5.95. The number of carbonyl (C=O) groups is 2. The summed E-state index contributed by atoms with van der Waals surface area (Å²) in [6.07, 6.45) is -11.0. The van der Waals surface area contributed by atoms with E-state index < -0.39 is 69.1 Å². The number of alkyl halides is 6. The topological polar surface area (TPSA) is 122 Å². The molecule has 0 aromatic heterocycles. The molecule has 2 aromatic rings. The van der Waals surface area contributed by atoms with Crippen molar-refractivity contribution in [3.8, 4) is 5.75 Å². The Balaban J connectivity index is 1.70. The molecule has 1 unspecified atom stereocenters. The van der Waals surface area contributed by atoms with Gasteiger partial charge in [-0.05, 0) is 75.4 Å². The smallest absolute Gasteiger partial charge is 0.427 e. The Morgan fingerprint density at radius 3 is 2.33 bits per heavy atom. The molecule has 1 aliphatic carbocycles. The summed E-state index contributed by atoms with van der Waals surface area (Å²) in [5.41, 5.74) is -4.53. The SMILES string of the molecule is CC(C)(OC(=O)Nc1ccc2c(c1)N(S(=O)(=O)c1cccc(C(F)(F)F)c1)C[C@H](CC(C(=O)O)C1CC1)O2)C(F)(F)F. The third kappa shape index (κ3) is 6.68. The number of sulfonamides is 1. The first-order valence-corrected chi connectivity index (χ1v) is 14.0. The van der Waals surface area contributed by atoms with Gasteiger partial charge in [-0.15, -0.1) is 0 Å². The second kappa shape index (κ2) is 10.9. The minimum atomic E-state index is -4.90. The lowest BCUT2D eigenvalue weighted by Gasteiger charge is -2.36. The molecule has 1 aliphatic heterocycles. The van der Waals surface area contributed by atoms with Crippen LogP contribution in [0.25, 0.3) is 0 Å². The van der Waals surface area contributed by atoms with Crippen molar-refractivity contribution in [1.82, 2.24) is 0 Å². The van der Waals surface area contributed by atoms with E-state index in [1.165, 1.54) is 12.1 Å². The summed E-state index contributed by atoms with van der Waals surface area (Å²) in [5.74, 6) is -2.17. The van der Waals surface area contributed by atoms with E-state index in [2.05, 4.69) is 10.1 Å². The van der Waals surface area contributed by atoms with Crippen LogP contribution in [0.15, 0.2) is 47.4 Å². The molecule has 42 heavy (non-hydrogen) atoms. The van der Waals surface area contributed by atoms with E-state index in [-0.39, 0.29) is 29.5 Å². The highest BCUT2D eigenvalue weighted by atomic mass is 32.2. The standard InChI is InChI=1S/C26H26F6N2O7S/c1-24(2,26(30,31)32)41-23(37)33-16-8-9-21-20(11-16)34(13-17(40-21)12-19(22(35)36)14-6-7-14)42(38,39)18-5-3-4-15(10-18)25(27,28)29/h3-5,8-11,14,17,19H,6-7,12-13H2,1-2H3,(H,33,37)(H,35,36)/t17-,19?/m0/s1. The molecule has 2 atom stereocenters. The molecule has 1 amide bonds. The highest BCUT2D eigenvalue weighted by molar-refractivity contribution is 7.92. The van der Waals surface area contributed by atoms with Crippen LogP contribution in [0.1, 0.15) is 38.7 Å². The van der Waals surface area contributed by atoms with Crippen molar-refractivity contribution < 1.29 is 58.9 Å². The van der Waals surface area contributed by atoms with Gasteiger partial charge in [0.15, 0.2) is 0 Å². The average Bonchev–Trinajstić information content (AvgIpc) is 3.70. The van der Waals surface area contributed by atoms with E-state index in [1.54, 1.807) is 0 Å². The van der Waals surface area contributed by atoms with Crippen LogP contribution in [0.4, 0.5) is 42.5 Å². The van der Waals surface area contributed by atoms with Gasteiger partial charge in [0.25, 0.3) is 10.0 Å². The molecule has 0 radical (unpaired) electrons. The summed E-state index contributed by atoms with van der Waals surface area (Å²) in [7, 11) is -4.73. The molecular weight excluding hydrogens is 598 g/mol. The van der Waals surface area contributed by atoms with Gasteiger partial charge in [-0.1, -0.05) is 6.07 Å². The number of hydrogen-bond donors (Lipinski definition) is 2. The number of carboxylic acids is 1. The molecule has 0 saturated heterocycles. The number of carbonyl (C=O) groups excluding carboxylic acids is 1. The van der Waals surface area contributed by atoms with Gasteiger partial charge in [0, 0.05) is 5.69 Å². The maximum absolute atomic E-state index is 13.7. The Bertz CT molecular complexity index is 1470. The summed E-state index contributed by atoms with van der Waals surface area (Å²) in [6.45, 7) is 0.767. The fourth-order valence-electron chi connectivity index (χ4n) is 4.41. The lowest BCUT2D eigenvalue weighted by Crippen LogP contribution is -2.45. The zero-order valence-electron chi connectivity index (χ0n) is 22.1. The zero-order chi connectivity index (χ0) is 31.3. The molecule has 1 heterocycles. The molecule has 0 spiro atoms. The van der Waals surface area contributed by atoms with Gasteiger partial charge in [0.05, 0.1) is 28.6 Å². The Hall–Kier alpha value is -3.69. The van der Waals surface area contributed by atoms with Gasteiger partial charge in [-0.3, -0.25) is 14.4 Å². The lowest BCUT2D eigenvalue weighted by atomic mass is 9.95. The lowest BCUT2D eigenvalue weighted by molar-refractivity contribution is -0.242. The molecule has 1 saturated carbocycles. The normalized spacial score (nSPS) is 18.5. The third-order valence-corrected chi connectivity index (χ3v) is 8.72.